The zero-order valence-electron chi connectivity index (χ0n) is 10.4. The Labute approximate surface area is 114 Å². The lowest BCUT2D eigenvalue weighted by Gasteiger charge is -2.07. The lowest BCUT2D eigenvalue weighted by molar-refractivity contribution is 0.466. The van der Waals surface area contributed by atoms with E-state index in [1.54, 1.807) is 0 Å². The Morgan fingerprint density at radius 2 is 1.84 bits per heavy atom. The van der Waals surface area contributed by atoms with E-state index in [9.17, 15) is 0 Å². The Balaban J connectivity index is 2.07. The maximum absolute atomic E-state index is 5.85. The number of nitrogens with zero attached hydrogens (tertiary/aromatic N) is 3. The van der Waals surface area contributed by atoms with E-state index in [1.165, 1.54) is 6.33 Å². The van der Waals surface area contributed by atoms with Gasteiger partial charge in [0.1, 0.15) is 11.3 Å². The van der Waals surface area contributed by atoms with Gasteiger partial charge in [-0.2, -0.15) is 9.97 Å². The number of aromatic amines is 1. The third-order valence-corrected chi connectivity index (χ3v) is 2.80. The van der Waals surface area contributed by atoms with Crippen LogP contribution in [0.2, 0.25) is 5.28 Å². The van der Waals surface area contributed by atoms with Crippen molar-refractivity contribution in [2.45, 2.75) is 13.8 Å². The Morgan fingerprint density at radius 1 is 1.11 bits per heavy atom. The van der Waals surface area contributed by atoms with E-state index in [-0.39, 0.29) is 5.28 Å². The minimum absolute atomic E-state index is 0.110. The number of rotatable bonds is 2. The molecule has 3 rings (SSSR count). The highest BCUT2D eigenvalue weighted by molar-refractivity contribution is 6.28. The molecular weight excluding hydrogens is 264 g/mol. The van der Waals surface area contributed by atoms with Crippen LogP contribution < -0.4 is 4.74 Å². The quantitative estimate of drug-likeness (QED) is 0.727. The van der Waals surface area contributed by atoms with Gasteiger partial charge in [0.05, 0.1) is 6.33 Å². The fourth-order valence-corrected chi connectivity index (χ4v) is 2.12. The molecule has 1 aromatic carbocycles. The van der Waals surface area contributed by atoms with Gasteiger partial charge in [0.2, 0.25) is 11.2 Å². The number of nitrogens with one attached hydrogen (secondary N) is 1. The molecule has 19 heavy (non-hydrogen) atoms. The van der Waals surface area contributed by atoms with E-state index in [4.69, 9.17) is 16.3 Å². The van der Waals surface area contributed by atoms with Crippen molar-refractivity contribution in [3.8, 4) is 11.6 Å². The largest absolute Gasteiger partial charge is 0.437 e. The second-order valence-electron chi connectivity index (χ2n) is 4.32. The predicted molar refractivity (Wildman–Crippen MR) is 72.7 cm³/mol. The van der Waals surface area contributed by atoms with Crippen molar-refractivity contribution in [3.63, 3.8) is 0 Å². The van der Waals surface area contributed by atoms with Crippen molar-refractivity contribution >= 4 is 22.8 Å². The van der Waals surface area contributed by atoms with Gasteiger partial charge in [-0.1, -0.05) is 6.07 Å². The molecule has 6 heteroatoms. The first kappa shape index (κ1) is 11.9. The molecule has 2 aromatic heterocycles. The van der Waals surface area contributed by atoms with Gasteiger partial charge in [-0.05, 0) is 48.7 Å². The van der Waals surface area contributed by atoms with Crippen LogP contribution in [0.15, 0.2) is 24.5 Å². The van der Waals surface area contributed by atoms with Crippen molar-refractivity contribution < 1.29 is 4.74 Å². The highest BCUT2D eigenvalue weighted by atomic mass is 35.5. The summed E-state index contributed by atoms with van der Waals surface area (Å²) in [5, 5.41) is 0.110. The highest BCUT2D eigenvalue weighted by Crippen LogP contribution is 2.27. The number of imidazole rings is 1. The third-order valence-electron chi connectivity index (χ3n) is 2.63. The molecular formula is C13H11ClN4O. The van der Waals surface area contributed by atoms with Crippen LogP contribution in [0.4, 0.5) is 0 Å². The summed E-state index contributed by atoms with van der Waals surface area (Å²) in [6.07, 6.45) is 1.53. The molecule has 0 aliphatic rings. The van der Waals surface area contributed by atoms with Gasteiger partial charge >= 0.3 is 0 Å². The van der Waals surface area contributed by atoms with Crippen LogP contribution in [-0.2, 0) is 0 Å². The Bertz CT molecular complexity index is 733. The highest BCUT2D eigenvalue weighted by Gasteiger charge is 2.11. The summed E-state index contributed by atoms with van der Waals surface area (Å²) in [5.74, 6) is 1.08. The number of aryl methyl sites for hydroxylation is 2. The average molecular weight is 275 g/mol. The summed E-state index contributed by atoms with van der Waals surface area (Å²) in [6.45, 7) is 4.03. The summed E-state index contributed by atoms with van der Waals surface area (Å²) >= 11 is 5.85. The number of halogens is 1. The molecule has 0 fully saturated rings. The van der Waals surface area contributed by atoms with Crippen molar-refractivity contribution in [2.75, 3.05) is 0 Å². The maximum Gasteiger partial charge on any atom is 0.250 e. The van der Waals surface area contributed by atoms with Crippen LogP contribution in [0.25, 0.3) is 11.2 Å². The van der Waals surface area contributed by atoms with Gasteiger partial charge in [0.25, 0.3) is 0 Å². The van der Waals surface area contributed by atoms with Crippen LogP contribution in [-0.4, -0.2) is 19.9 Å². The summed E-state index contributed by atoms with van der Waals surface area (Å²) in [4.78, 5) is 15.1. The van der Waals surface area contributed by atoms with Gasteiger partial charge in [-0.15, -0.1) is 0 Å². The standard InChI is InChI=1S/C13H11ClN4O/c1-7-3-8(2)5-9(4-7)19-12-10-11(16-6-15-10)17-13(14)18-12/h3-6H,1-2H3,(H,15,16,17,18). The van der Waals surface area contributed by atoms with E-state index < -0.39 is 0 Å². The number of H-pyrrole nitrogens is 1. The van der Waals surface area contributed by atoms with E-state index in [0.717, 1.165) is 11.1 Å². The number of ether oxygens (including phenoxy) is 1. The van der Waals surface area contributed by atoms with Crippen molar-refractivity contribution in [1.29, 1.82) is 0 Å². The molecule has 0 aliphatic heterocycles. The first-order chi connectivity index (χ1) is 9.11. The smallest absolute Gasteiger partial charge is 0.250 e. The van der Waals surface area contributed by atoms with E-state index in [0.29, 0.717) is 22.8 Å². The first-order valence-electron chi connectivity index (χ1n) is 5.74. The fraction of sp³-hybridized carbons (Fsp3) is 0.154. The summed E-state index contributed by atoms with van der Waals surface area (Å²) in [7, 11) is 0. The molecule has 0 saturated carbocycles. The second-order valence-corrected chi connectivity index (χ2v) is 4.66. The summed E-state index contributed by atoms with van der Waals surface area (Å²) in [5.41, 5.74) is 3.36. The van der Waals surface area contributed by atoms with Crippen molar-refractivity contribution in [1.82, 2.24) is 19.9 Å². The SMILES string of the molecule is Cc1cc(C)cc(Oc2nc(Cl)nc3nc[nH]c23)c1. The van der Waals surface area contributed by atoms with Gasteiger partial charge in [0, 0.05) is 0 Å². The molecule has 0 amide bonds. The molecule has 0 bridgehead atoms. The van der Waals surface area contributed by atoms with Gasteiger partial charge < -0.3 is 9.72 Å². The van der Waals surface area contributed by atoms with Crippen LogP contribution >= 0.6 is 11.6 Å². The number of hydrogen-bond acceptors (Lipinski definition) is 4. The minimum atomic E-state index is 0.110. The van der Waals surface area contributed by atoms with E-state index >= 15 is 0 Å². The lowest BCUT2D eigenvalue weighted by atomic mass is 10.1. The van der Waals surface area contributed by atoms with Crippen LogP contribution in [0.1, 0.15) is 11.1 Å². The Morgan fingerprint density at radius 3 is 2.58 bits per heavy atom. The minimum Gasteiger partial charge on any atom is -0.437 e. The van der Waals surface area contributed by atoms with Crippen molar-refractivity contribution in [3.05, 3.63) is 40.9 Å². The van der Waals surface area contributed by atoms with Gasteiger partial charge in [-0.25, -0.2) is 4.98 Å². The number of hydrogen-bond donors (Lipinski definition) is 1. The van der Waals surface area contributed by atoms with Crippen molar-refractivity contribution in [2.24, 2.45) is 0 Å². The zero-order chi connectivity index (χ0) is 13.4. The zero-order valence-corrected chi connectivity index (χ0v) is 11.2. The maximum atomic E-state index is 5.85. The van der Waals surface area contributed by atoms with Gasteiger partial charge in [-0.3, -0.25) is 0 Å². The molecule has 96 valence electrons. The summed E-state index contributed by atoms with van der Waals surface area (Å²) < 4.78 is 5.79. The number of benzene rings is 1. The second kappa shape index (κ2) is 4.51. The van der Waals surface area contributed by atoms with E-state index in [2.05, 4.69) is 26.0 Å². The normalized spacial score (nSPS) is 10.9. The number of fused-ring (bicyclic) bond motifs is 1. The van der Waals surface area contributed by atoms with Crippen LogP contribution in [0, 0.1) is 13.8 Å². The molecule has 2 heterocycles. The Hall–Kier alpha value is -2.14. The molecule has 3 aromatic rings. The molecule has 0 unspecified atom stereocenters. The van der Waals surface area contributed by atoms with Crippen LogP contribution in [0.3, 0.4) is 0 Å². The summed E-state index contributed by atoms with van der Waals surface area (Å²) in [6, 6.07) is 5.95. The Kier molecular flexibility index (Phi) is 2.83. The molecule has 5 nitrogen and oxygen atoms in total. The topological polar surface area (TPSA) is 63.7 Å². The predicted octanol–water partition coefficient (Wildman–Crippen LogP) is 3.42. The average Bonchev–Trinajstić information content (AvgIpc) is 2.75. The lowest BCUT2D eigenvalue weighted by Crippen LogP contribution is -1.93. The molecule has 0 atom stereocenters. The first-order valence-corrected chi connectivity index (χ1v) is 6.12. The van der Waals surface area contributed by atoms with Crippen LogP contribution in [0.5, 0.6) is 11.6 Å². The van der Waals surface area contributed by atoms with E-state index in [1.807, 2.05) is 26.0 Å². The van der Waals surface area contributed by atoms with Gasteiger partial charge in [0.15, 0.2) is 5.65 Å². The monoisotopic (exact) mass is 274 g/mol. The molecule has 0 radical (unpaired) electrons. The number of aromatic nitrogens is 4. The molecule has 0 saturated heterocycles. The molecule has 0 aliphatic carbocycles. The fourth-order valence-electron chi connectivity index (χ4n) is 1.96. The molecule has 0 spiro atoms. The third kappa shape index (κ3) is 2.37. The molecule has 1 N–H and O–H groups in total.